The van der Waals surface area contributed by atoms with E-state index < -0.39 is 0 Å². The number of rotatable bonds is 1. The molecule has 0 amide bonds. The van der Waals surface area contributed by atoms with Gasteiger partial charge in [-0.2, -0.15) is 10.5 Å². The Bertz CT molecular complexity index is 943. The van der Waals surface area contributed by atoms with E-state index in [2.05, 4.69) is 17.1 Å². The third-order valence-electron chi connectivity index (χ3n) is 3.13. The van der Waals surface area contributed by atoms with Gasteiger partial charge < -0.3 is 5.73 Å². The molecule has 0 aliphatic heterocycles. The third-order valence-corrected chi connectivity index (χ3v) is 3.45. The average molecular weight is 294 g/mol. The molecule has 0 radical (unpaired) electrons. The smallest absolute Gasteiger partial charge is 0.205 e. The van der Waals surface area contributed by atoms with Gasteiger partial charge in [-0.05, 0) is 36.4 Å². The Hall–Kier alpha value is -3.02. The van der Waals surface area contributed by atoms with Gasteiger partial charge in [-0.15, -0.1) is 0 Å². The fraction of sp³-hybridized carbons (Fsp3) is 0. The molecule has 5 nitrogen and oxygen atoms in total. The van der Waals surface area contributed by atoms with E-state index in [-0.39, 0.29) is 5.95 Å². The molecule has 0 bridgehead atoms. The van der Waals surface area contributed by atoms with Crippen LogP contribution in [0.5, 0.6) is 0 Å². The lowest BCUT2D eigenvalue weighted by molar-refractivity contribution is 1.11. The number of halogens is 1. The Labute approximate surface area is 125 Å². The zero-order valence-electron chi connectivity index (χ0n) is 10.7. The summed E-state index contributed by atoms with van der Waals surface area (Å²) >= 11 is 6.21. The Balaban J connectivity index is 2.37. The number of hydrogen-bond donors (Lipinski definition) is 1. The van der Waals surface area contributed by atoms with Crippen molar-refractivity contribution in [2.75, 3.05) is 5.73 Å². The number of nitrogen functional groups attached to an aromatic ring is 1. The van der Waals surface area contributed by atoms with Crippen LogP contribution in [0.4, 0.5) is 5.95 Å². The van der Waals surface area contributed by atoms with E-state index in [0.29, 0.717) is 32.9 Å². The first-order chi connectivity index (χ1) is 10.1. The van der Waals surface area contributed by atoms with Crippen LogP contribution in [0.15, 0.2) is 36.4 Å². The van der Waals surface area contributed by atoms with Gasteiger partial charge in [0.2, 0.25) is 5.95 Å². The maximum Gasteiger partial charge on any atom is 0.205 e. The number of benzene rings is 2. The van der Waals surface area contributed by atoms with Crippen LogP contribution >= 0.6 is 11.6 Å². The van der Waals surface area contributed by atoms with E-state index in [1.54, 1.807) is 41.0 Å². The fourth-order valence-corrected chi connectivity index (χ4v) is 2.37. The molecule has 0 saturated carbocycles. The number of imidazole rings is 1. The molecule has 2 aromatic carbocycles. The number of aromatic nitrogens is 2. The molecular formula is C15H8ClN5. The van der Waals surface area contributed by atoms with Crippen molar-refractivity contribution in [3.63, 3.8) is 0 Å². The summed E-state index contributed by atoms with van der Waals surface area (Å²) in [6.07, 6.45) is 0. The average Bonchev–Trinajstić information content (AvgIpc) is 2.82. The molecule has 2 N–H and O–H groups in total. The van der Waals surface area contributed by atoms with E-state index in [0.717, 1.165) is 0 Å². The summed E-state index contributed by atoms with van der Waals surface area (Å²) in [5.74, 6) is 0.247. The number of hydrogen-bond acceptors (Lipinski definition) is 4. The van der Waals surface area contributed by atoms with E-state index in [4.69, 9.17) is 27.9 Å². The van der Waals surface area contributed by atoms with Crippen LogP contribution in [0, 0.1) is 22.7 Å². The van der Waals surface area contributed by atoms with E-state index >= 15 is 0 Å². The highest BCUT2D eigenvalue weighted by Gasteiger charge is 2.14. The molecule has 21 heavy (non-hydrogen) atoms. The SMILES string of the molecule is N#Cc1ccc(Cl)c(-n2c(N)nc3ccc(C#N)cc32)c1. The summed E-state index contributed by atoms with van der Waals surface area (Å²) in [6.45, 7) is 0. The highest BCUT2D eigenvalue weighted by atomic mass is 35.5. The van der Waals surface area contributed by atoms with Gasteiger partial charge in [0.25, 0.3) is 0 Å². The van der Waals surface area contributed by atoms with E-state index in [1.165, 1.54) is 0 Å². The molecule has 0 unspecified atom stereocenters. The zero-order valence-corrected chi connectivity index (χ0v) is 11.5. The summed E-state index contributed by atoms with van der Waals surface area (Å²) in [5, 5.41) is 18.5. The van der Waals surface area contributed by atoms with Gasteiger partial charge >= 0.3 is 0 Å². The quantitative estimate of drug-likeness (QED) is 0.746. The minimum absolute atomic E-state index is 0.247. The topological polar surface area (TPSA) is 91.4 Å². The number of anilines is 1. The van der Waals surface area contributed by atoms with Gasteiger partial charge in [-0.25, -0.2) is 4.98 Å². The number of nitriles is 2. The lowest BCUT2D eigenvalue weighted by Crippen LogP contribution is -2.02. The molecule has 1 aromatic heterocycles. The second kappa shape index (κ2) is 4.82. The van der Waals surface area contributed by atoms with Crippen LogP contribution in [0.1, 0.15) is 11.1 Å². The fourth-order valence-electron chi connectivity index (χ4n) is 2.17. The van der Waals surface area contributed by atoms with Gasteiger partial charge in [0.1, 0.15) is 0 Å². The Morgan fingerprint density at radius 3 is 2.43 bits per heavy atom. The number of fused-ring (bicyclic) bond motifs is 1. The highest BCUT2D eigenvalue weighted by molar-refractivity contribution is 6.32. The van der Waals surface area contributed by atoms with E-state index in [1.807, 2.05) is 0 Å². The van der Waals surface area contributed by atoms with Crippen molar-refractivity contribution < 1.29 is 0 Å². The molecule has 100 valence electrons. The van der Waals surface area contributed by atoms with Crippen molar-refractivity contribution in [1.82, 2.24) is 9.55 Å². The van der Waals surface area contributed by atoms with Crippen LogP contribution in [-0.4, -0.2) is 9.55 Å². The normalized spacial score (nSPS) is 10.2. The van der Waals surface area contributed by atoms with Crippen molar-refractivity contribution in [3.05, 3.63) is 52.5 Å². The molecule has 0 atom stereocenters. The lowest BCUT2D eigenvalue weighted by Gasteiger charge is -2.09. The predicted octanol–water partition coefficient (Wildman–Crippen LogP) is 3.00. The third kappa shape index (κ3) is 2.06. The van der Waals surface area contributed by atoms with Gasteiger partial charge in [0.15, 0.2) is 0 Å². The van der Waals surface area contributed by atoms with Crippen molar-refractivity contribution in [2.24, 2.45) is 0 Å². The lowest BCUT2D eigenvalue weighted by atomic mass is 10.2. The predicted molar refractivity (Wildman–Crippen MR) is 79.9 cm³/mol. The van der Waals surface area contributed by atoms with Crippen LogP contribution in [0.3, 0.4) is 0 Å². The zero-order chi connectivity index (χ0) is 15.0. The summed E-state index contributed by atoms with van der Waals surface area (Å²) in [7, 11) is 0. The number of nitrogens with two attached hydrogens (primary N) is 1. The molecule has 0 fully saturated rings. The second-order valence-corrected chi connectivity index (χ2v) is 4.81. The molecule has 3 aromatic rings. The Morgan fingerprint density at radius 2 is 1.71 bits per heavy atom. The van der Waals surface area contributed by atoms with Crippen molar-refractivity contribution in [1.29, 1.82) is 10.5 Å². The van der Waals surface area contributed by atoms with Crippen molar-refractivity contribution in [3.8, 4) is 17.8 Å². The highest BCUT2D eigenvalue weighted by Crippen LogP contribution is 2.29. The molecule has 1 heterocycles. The minimum Gasteiger partial charge on any atom is -0.369 e. The molecule has 0 saturated heterocycles. The van der Waals surface area contributed by atoms with Crippen molar-refractivity contribution >= 4 is 28.6 Å². The first-order valence-electron chi connectivity index (χ1n) is 6.02. The minimum atomic E-state index is 0.247. The first kappa shape index (κ1) is 13.0. The van der Waals surface area contributed by atoms with Gasteiger partial charge in [-0.3, -0.25) is 4.57 Å². The summed E-state index contributed by atoms with van der Waals surface area (Å²) in [6, 6.07) is 14.1. The molecule has 0 aliphatic rings. The van der Waals surface area contributed by atoms with Gasteiger partial charge in [0, 0.05) is 0 Å². The maximum atomic E-state index is 9.02. The molecule has 0 aliphatic carbocycles. The van der Waals surface area contributed by atoms with Crippen molar-refractivity contribution in [2.45, 2.75) is 0 Å². The molecule has 3 rings (SSSR count). The Morgan fingerprint density at radius 1 is 1.05 bits per heavy atom. The monoisotopic (exact) mass is 293 g/mol. The van der Waals surface area contributed by atoms with Crippen LogP contribution < -0.4 is 5.73 Å². The van der Waals surface area contributed by atoms with E-state index in [9.17, 15) is 0 Å². The Kier molecular flexibility index (Phi) is 2.98. The largest absolute Gasteiger partial charge is 0.369 e. The number of nitrogens with zero attached hydrogens (tertiary/aromatic N) is 4. The van der Waals surface area contributed by atoms with Gasteiger partial charge in [0.05, 0.1) is 45.0 Å². The van der Waals surface area contributed by atoms with Crippen LogP contribution in [0.25, 0.3) is 16.7 Å². The summed E-state index contributed by atoms with van der Waals surface area (Å²) in [4.78, 5) is 4.25. The second-order valence-electron chi connectivity index (χ2n) is 4.40. The summed E-state index contributed by atoms with van der Waals surface area (Å²) in [5.41, 5.74) is 8.81. The first-order valence-corrected chi connectivity index (χ1v) is 6.40. The van der Waals surface area contributed by atoms with Gasteiger partial charge in [-0.1, -0.05) is 11.6 Å². The van der Waals surface area contributed by atoms with Crippen LogP contribution in [-0.2, 0) is 0 Å². The molecule has 6 heteroatoms. The standard InChI is InChI=1S/C15H8ClN5/c16-11-3-1-9(7-17)5-13(11)21-14-6-10(8-18)2-4-12(14)20-15(21)19/h1-6H,(H2,19,20). The molecule has 0 spiro atoms. The molecular weight excluding hydrogens is 286 g/mol. The van der Waals surface area contributed by atoms with Crippen LogP contribution in [0.2, 0.25) is 5.02 Å². The maximum absolute atomic E-state index is 9.02. The summed E-state index contributed by atoms with van der Waals surface area (Å²) < 4.78 is 1.64.